The second kappa shape index (κ2) is 9.00. The fourth-order valence-electron chi connectivity index (χ4n) is 2.43. The van der Waals surface area contributed by atoms with Crippen LogP contribution in [0.5, 0.6) is 5.75 Å². The molecule has 1 heterocycles. The Labute approximate surface area is 162 Å². The number of methoxy groups -OCH3 is 1. The summed E-state index contributed by atoms with van der Waals surface area (Å²) in [6.07, 6.45) is 3.66. The molecule has 1 amide bonds. The molecule has 0 bridgehead atoms. The number of halogens is 1. The summed E-state index contributed by atoms with van der Waals surface area (Å²) < 4.78 is 5.19. The van der Waals surface area contributed by atoms with Crippen LogP contribution < -0.4 is 15.4 Å². The van der Waals surface area contributed by atoms with Crippen molar-refractivity contribution in [1.29, 1.82) is 0 Å². The molecular formula is C20H19ClN4O2. The van der Waals surface area contributed by atoms with Gasteiger partial charge >= 0.3 is 0 Å². The van der Waals surface area contributed by atoms with Crippen LogP contribution in [-0.4, -0.2) is 29.5 Å². The second-order valence-electron chi connectivity index (χ2n) is 5.78. The number of rotatable bonds is 7. The van der Waals surface area contributed by atoms with E-state index in [1.807, 2.05) is 36.4 Å². The number of nitrogens with one attached hydrogen (secondary N) is 2. The van der Waals surface area contributed by atoms with Gasteiger partial charge in [-0.1, -0.05) is 23.7 Å². The standard InChI is InChI=1S/C20H19ClN4O2/c1-27-17-4-2-3-14(11-17)9-10-22-20(26)18-12-24-19(13-23-18)25-16-7-5-15(21)6-8-16/h2-8,11-13H,9-10H2,1H3,(H,22,26)(H,24,25). The van der Waals surface area contributed by atoms with E-state index in [4.69, 9.17) is 16.3 Å². The number of amides is 1. The second-order valence-corrected chi connectivity index (χ2v) is 6.21. The normalized spacial score (nSPS) is 10.3. The van der Waals surface area contributed by atoms with Crippen LogP contribution >= 0.6 is 11.6 Å². The Morgan fingerprint density at radius 1 is 1.11 bits per heavy atom. The van der Waals surface area contributed by atoms with Crippen LogP contribution in [0.4, 0.5) is 11.5 Å². The number of carbonyl (C=O) groups is 1. The van der Waals surface area contributed by atoms with Crippen molar-refractivity contribution in [2.24, 2.45) is 0 Å². The van der Waals surface area contributed by atoms with E-state index in [1.165, 1.54) is 12.4 Å². The molecule has 0 unspecified atom stereocenters. The maximum absolute atomic E-state index is 12.2. The fraction of sp³-hybridized carbons (Fsp3) is 0.150. The van der Waals surface area contributed by atoms with Crippen molar-refractivity contribution in [2.45, 2.75) is 6.42 Å². The largest absolute Gasteiger partial charge is 0.497 e. The average molecular weight is 383 g/mol. The Balaban J connectivity index is 1.51. The first-order valence-corrected chi connectivity index (χ1v) is 8.77. The zero-order chi connectivity index (χ0) is 19.1. The number of hydrogen-bond acceptors (Lipinski definition) is 5. The number of hydrogen-bond donors (Lipinski definition) is 2. The fourth-order valence-corrected chi connectivity index (χ4v) is 2.56. The highest BCUT2D eigenvalue weighted by molar-refractivity contribution is 6.30. The number of anilines is 2. The van der Waals surface area contributed by atoms with Gasteiger partial charge in [-0.25, -0.2) is 9.97 Å². The van der Waals surface area contributed by atoms with E-state index in [2.05, 4.69) is 20.6 Å². The van der Waals surface area contributed by atoms with Gasteiger partial charge in [0.1, 0.15) is 17.3 Å². The Bertz CT molecular complexity index is 899. The molecule has 0 radical (unpaired) electrons. The van der Waals surface area contributed by atoms with Gasteiger partial charge in [-0.3, -0.25) is 4.79 Å². The number of aromatic nitrogens is 2. The van der Waals surface area contributed by atoms with Crippen LogP contribution in [0.3, 0.4) is 0 Å². The minimum Gasteiger partial charge on any atom is -0.497 e. The summed E-state index contributed by atoms with van der Waals surface area (Å²) in [4.78, 5) is 20.6. The lowest BCUT2D eigenvalue weighted by atomic mass is 10.1. The Hall–Kier alpha value is -3.12. The van der Waals surface area contributed by atoms with E-state index in [-0.39, 0.29) is 11.6 Å². The molecule has 3 rings (SSSR count). The number of ether oxygens (including phenoxy) is 1. The lowest BCUT2D eigenvalue weighted by molar-refractivity contribution is 0.0949. The molecule has 1 aromatic heterocycles. The molecule has 0 fully saturated rings. The number of benzene rings is 2. The summed E-state index contributed by atoms with van der Waals surface area (Å²) in [7, 11) is 1.63. The van der Waals surface area contributed by atoms with Gasteiger partial charge in [0, 0.05) is 17.3 Å². The quantitative estimate of drug-likeness (QED) is 0.649. The molecule has 138 valence electrons. The van der Waals surface area contributed by atoms with Crippen molar-refractivity contribution >= 4 is 29.0 Å². The first-order chi connectivity index (χ1) is 13.1. The molecule has 0 aliphatic heterocycles. The topological polar surface area (TPSA) is 76.1 Å². The van der Waals surface area contributed by atoms with Crippen molar-refractivity contribution < 1.29 is 9.53 Å². The molecule has 27 heavy (non-hydrogen) atoms. The van der Waals surface area contributed by atoms with Crippen molar-refractivity contribution in [3.8, 4) is 5.75 Å². The highest BCUT2D eigenvalue weighted by Crippen LogP contribution is 2.17. The maximum atomic E-state index is 12.2. The van der Waals surface area contributed by atoms with E-state index in [1.54, 1.807) is 19.2 Å². The van der Waals surface area contributed by atoms with Crippen LogP contribution in [0.2, 0.25) is 5.02 Å². The molecule has 2 aromatic carbocycles. The zero-order valence-electron chi connectivity index (χ0n) is 14.8. The molecule has 0 atom stereocenters. The van der Waals surface area contributed by atoms with Crippen LogP contribution in [0, 0.1) is 0 Å². The van der Waals surface area contributed by atoms with Crippen molar-refractivity contribution in [2.75, 3.05) is 19.0 Å². The summed E-state index contributed by atoms with van der Waals surface area (Å²) in [6.45, 7) is 0.498. The molecule has 2 N–H and O–H groups in total. The lowest BCUT2D eigenvalue weighted by Crippen LogP contribution is -2.26. The van der Waals surface area contributed by atoms with E-state index >= 15 is 0 Å². The van der Waals surface area contributed by atoms with Crippen molar-refractivity contribution in [3.05, 3.63) is 77.2 Å². The molecule has 0 aliphatic rings. The SMILES string of the molecule is COc1cccc(CCNC(=O)c2cnc(Nc3ccc(Cl)cc3)cn2)c1. The van der Waals surface area contributed by atoms with E-state index in [0.29, 0.717) is 23.8 Å². The highest BCUT2D eigenvalue weighted by Gasteiger charge is 2.08. The summed E-state index contributed by atoms with van der Waals surface area (Å²) in [5, 5.41) is 6.60. The summed E-state index contributed by atoms with van der Waals surface area (Å²) in [5.41, 5.74) is 2.19. The van der Waals surface area contributed by atoms with Gasteiger partial charge in [0.15, 0.2) is 0 Å². The first kappa shape index (κ1) is 18.7. The lowest BCUT2D eigenvalue weighted by Gasteiger charge is -2.08. The summed E-state index contributed by atoms with van der Waals surface area (Å²) in [6, 6.07) is 15.0. The van der Waals surface area contributed by atoms with Crippen LogP contribution in [0.15, 0.2) is 60.9 Å². The molecule has 6 nitrogen and oxygen atoms in total. The third-order valence-corrected chi connectivity index (χ3v) is 4.09. The van der Waals surface area contributed by atoms with E-state index in [9.17, 15) is 4.79 Å². The Morgan fingerprint density at radius 3 is 2.63 bits per heavy atom. The van der Waals surface area contributed by atoms with Gasteiger partial charge in [0.25, 0.3) is 5.91 Å². The molecule has 0 saturated heterocycles. The predicted octanol–water partition coefficient (Wildman–Crippen LogP) is 3.85. The van der Waals surface area contributed by atoms with Gasteiger partial charge in [-0.15, -0.1) is 0 Å². The minimum absolute atomic E-state index is 0.261. The highest BCUT2D eigenvalue weighted by atomic mass is 35.5. The Kier molecular flexibility index (Phi) is 6.22. The van der Waals surface area contributed by atoms with Gasteiger partial charge < -0.3 is 15.4 Å². The van der Waals surface area contributed by atoms with Crippen LogP contribution in [0.1, 0.15) is 16.1 Å². The summed E-state index contributed by atoms with van der Waals surface area (Å²) >= 11 is 5.86. The molecule has 3 aromatic rings. The monoisotopic (exact) mass is 382 g/mol. The molecule has 0 spiro atoms. The van der Waals surface area contributed by atoms with E-state index in [0.717, 1.165) is 17.0 Å². The number of carbonyl (C=O) groups excluding carboxylic acids is 1. The third kappa shape index (κ3) is 5.43. The van der Waals surface area contributed by atoms with Gasteiger partial charge in [0.05, 0.1) is 19.5 Å². The van der Waals surface area contributed by atoms with Crippen molar-refractivity contribution in [3.63, 3.8) is 0 Å². The predicted molar refractivity (Wildman–Crippen MR) is 106 cm³/mol. The third-order valence-electron chi connectivity index (χ3n) is 3.83. The first-order valence-electron chi connectivity index (χ1n) is 8.40. The smallest absolute Gasteiger partial charge is 0.271 e. The zero-order valence-corrected chi connectivity index (χ0v) is 15.5. The molecule has 0 aliphatic carbocycles. The molecule has 7 heteroatoms. The van der Waals surface area contributed by atoms with Gasteiger partial charge in [-0.05, 0) is 48.4 Å². The molecule has 0 saturated carbocycles. The molecular weight excluding hydrogens is 364 g/mol. The average Bonchev–Trinajstić information content (AvgIpc) is 2.70. The van der Waals surface area contributed by atoms with Crippen molar-refractivity contribution in [1.82, 2.24) is 15.3 Å². The van der Waals surface area contributed by atoms with Crippen LogP contribution in [0.25, 0.3) is 0 Å². The van der Waals surface area contributed by atoms with Gasteiger partial charge in [-0.2, -0.15) is 0 Å². The Morgan fingerprint density at radius 2 is 1.93 bits per heavy atom. The van der Waals surface area contributed by atoms with E-state index < -0.39 is 0 Å². The summed E-state index contributed by atoms with van der Waals surface area (Å²) in [5.74, 6) is 1.09. The minimum atomic E-state index is -0.261. The van der Waals surface area contributed by atoms with Gasteiger partial charge in [0.2, 0.25) is 0 Å². The number of nitrogens with zero attached hydrogens (tertiary/aromatic N) is 2. The maximum Gasteiger partial charge on any atom is 0.271 e. The van der Waals surface area contributed by atoms with Crippen LogP contribution in [-0.2, 0) is 6.42 Å².